The lowest BCUT2D eigenvalue weighted by atomic mass is 10.1. The van der Waals surface area contributed by atoms with Crippen LogP contribution in [0, 0.1) is 0 Å². The molecular formula is C16H11F6NO2S. The monoisotopic (exact) mass is 395 g/mol. The van der Waals surface area contributed by atoms with Crippen molar-refractivity contribution in [3.05, 3.63) is 70.6 Å². The first kappa shape index (κ1) is 19.8. The molecule has 0 unspecified atom stereocenters. The van der Waals surface area contributed by atoms with Gasteiger partial charge in [-0.3, -0.25) is 4.72 Å². The second-order valence-electron chi connectivity index (χ2n) is 5.12. The molecule has 0 aliphatic heterocycles. The molecular weight excluding hydrogens is 384 g/mol. The number of nitrogens with one attached hydrogen (secondary N) is 1. The van der Waals surface area contributed by atoms with Gasteiger partial charge in [0.1, 0.15) is 0 Å². The molecule has 0 bridgehead atoms. The van der Waals surface area contributed by atoms with Crippen molar-refractivity contribution in [2.75, 3.05) is 4.72 Å². The van der Waals surface area contributed by atoms with E-state index in [0.717, 1.165) is 6.08 Å². The lowest BCUT2D eigenvalue weighted by Gasteiger charge is -2.16. The van der Waals surface area contributed by atoms with E-state index in [-0.39, 0.29) is 18.2 Å². The second kappa shape index (κ2) is 7.02. The summed E-state index contributed by atoms with van der Waals surface area (Å²) in [4.78, 5) is 0. The number of hydrogen-bond acceptors (Lipinski definition) is 2. The van der Waals surface area contributed by atoms with Gasteiger partial charge in [-0.05, 0) is 29.8 Å². The maximum atomic E-state index is 13.0. The van der Waals surface area contributed by atoms with Gasteiger partial charge in [0.25, 0.3) is 10.0 Å². The highest BCUT2D eigenvalue weighted by atomic mass is 32.2. The van der Waals surface area contributed by atoms with Gasteiger partial charge in [0.05, 0.1) is 22.2 Å². The number of anilines is 1. The van der Waals surface area contributed by atoms with Gasteiger partial charge in [-0.2, -0.15) is 26.3 Å². The van der Waals surface area contributed by atoms with Gasteiger partial charge in [0.15, 0.2) is 0 Å². The number of sulfonamides is 1. The number of hydrogen-bond donors (Lipinski definition) is 1. The molecule has 0 radical (unpaired) electrons. The van der Waals surface area contributed by atoms with Gasteiger partial charge in [0.2, 0.25) is 0 Å². The van der Waals surface area contributed by atoms with Crippen LogP contribution in [0.4, 0.5) is 32.0 Å². The van der Waals surface area contributed by atoms with Crippen molar-refractivity contribution >= 4 is 21.8 Å². The second-order valence-corrected chi connectivity index (χ2v) is 6.68. The molecule has 0 fully saturated rings. The Balaban J connectivity index is 2.41. The zero-order chi connectivity index (χ0) is 19.6. The normalized spacial score (nSPS) is 13.2. The number of alkyl halides is 6. The van der Waals surface area contributed by atoms with Crippen LogP contribution < -0.4 is 4.72 Å². The van der Waals surface area contributed by atoms with Crippen LogP contribution in [0.1, 0.15) is 16.7 Å². The van der Waals surface area contributed by atoms with Crippen LogP contribution in [0.2, 0.25) is 0 Å². The Morgan fingerprint density at radius 2 is 1.46 bits per heavy atom. The largest absolute Gasteiger partial charge is 0.418 e. The van der Waals surface area contributed by atoms with E-state index in [1.807, 2.05) is 0 Å². The minimum absolute atomic E-state index is 0.108. The molecule has 26 heavy (non-hydrogen) atoms. The summed E-state index contributed by atoms with van der Waals surface area (Å²) in [5.41, 5.74) is -3.69. The van der Waals surface area contributed by atoms with Crippen molar-refractivity contribution in [1.82, 2.24) is 0 Å². The minimum atomic E-state index is -5.04. The average Bonchev–Trinajstić information content (AvgIpc) is 2.52. The highest BCUT2D eigenvalue weighted by molar-refractivity contribution is 7.95. The predicted molar refractivity (Wildman–Crippen MR) is 84.5 cm³/mol. The van der Waals surface area contributed by atoms with Crippen LogP contribution in [-0.4, -0.2) is 8.42 Å². The average molecular weight is 395 g/mol. The third kappa shape index (κ3) is 5.25. The Bertz CT molecular complexity index is 903. The predicted octanol–water partition coefficient (Wildman–Crippen LogP) is 5.14. The highest BCUT2D eigenvalue weighted by Crippen LogP contribution is 2.39. The number of benzene rings is 2. The SMILES string of the molecule is O=S(=O)(/C=C/c1ccccc1)Nc1cc(C(F)(F)F)ccc1C(F)(F)F. The molecule has 0 spiro atoms. The molecule has 1 N–H and O–H groups in total. The molecule has 0 heterocycles. The molecule has 2 aromatic rings. The van der Waals surface area contributed by atoms with E-state index >= 15 is 0 Å². The van der Waals surface area contributed by atoms with E-state index in [0.29, 0.717) is 11.0 Å². The molecule has 10 heteroatoms. The molecule has 0 saturated carbocycles. The molecule has 0 aromatic heterocycles. The van der Waals surface area contributed by atoms with Crippen LogP contribution >= 0.6 is 0 Å². The van der Waals surface area contributed by atoms with Crippen molar-refractivity contribution in [3.8, 4) is 0 Å². The zero-order valence-electron chi connectivity index (χ0n) is 12.8. The summed E-state index contributed by atoms with van der Waals surface area (Å²) >= 11 is 0. The van der Waals surface area contributed by atoms with Crippen LogP contribution in [0.25, 0.3) is 6.08 Å². The van der Waals surface area contributed by atoms with Crippen molar-refractivity contribution in [2.24, 2.45) is 0 Å². The Hall–Kier alpha value is -2.49. The third-order valence-corrected chi connectivity index (χ3v) is 4.14. The van der Waals surface area contributed by atoms with E-state index in [2.05, 4.69) is 0 Å². The maximum absolute atomic E-state index is 13.0. The minimum Gasteiger partial charge on any atom is -0.279 e. The topological polar surface area (TPSA) is 46.2 Å². The first-order valence-corrected chi connectivity index (χ1v) is 8.47. The molecule has 0 aliphatic rings. The molecule has 3 nitrogen and oxygen atoms in total. The Labute approximate surface area is 145 Å². The first-order chi connectivity index (χ1) is 11.9. The quantitative estimate of drug-likeness (QED) is 0.729. The fourth-order valence-corrected chi connectivity index (χ4v) is 2.85. The summed E-state index contributed by atoms with van der Waals surface area (Å²) in [5, 5.41) is 0.572. The van der Waals surface area contributed by atoms with Crippen LogP contribution in [0.5, 0.6) is 0 Å². The molecule has 2 rings (SSSR count). The van der Waals surface area contributed by atoms with Gasteiger partial charge >= 0.3 is 12.4 Å². The van der Waals surface area contributed by atoms with Crippen molar-refractivity contribution in [1.29, 1.82) is 0 Å². The molecule has 2 aromatic carbocycles. The summed E-state index contributed by atoms with van der Waals surface area (Å²) < 4.78 is 103. The summed E-state index contributed by atoms with van der Waals surface area (Å²) in [6.45, 7) is 0. The smallest absolute Gasteiger partial charge is 0.279 e. The molecule has 0 atom stereocenters. The van der Waals surface area contributed by atoms with E-state index in [4.69, 9.17) is 0 Å². The fourth-order valence-electron chi connectivity index (χ4n) is 1.97. The van der Waals surface area contributed by atoms with E-state index < -0.39 is 39.2 Å². The molecule has 0 aliphatic carbocycles. The van der Waals surface area contributed by atoms with Gasteiger partial charge in [-0.25, -0.2) is 8.42 Å². The summed E-state index contributed by atoms with van der Waals surface area (Å²) in [7, 11) is -4.48. The van der Waals surface area contributed by atoms with Gasteiger partial charge in [0, 0.05) is 0 Å². The van der Waals surface area contributed by atoms with E-state index in [1.165, 1.54) is 12.1 Å². The summed E-state index contributed by atoms with van der Waals surface area (Å²) in [6, 6.07) is 8.48. The van der Waals surface area contributed by atoms with Crippen molar-refractivity contribution in [3.63, 3.8) is 0 Å². The van der Waals surface area contributed by atoms with Crippen molar-refractivity contribution in [2.45, 2.75) is 12.4 Å². The Morgan fingerprint density at radius 1 is 0.846 bits per heavy atom. The van der Waals surface area contributed by atoms with Crippen LogP contribution in [0.15, 0.2) is 53.9 Å². The van der Waals surface area contributed by atoms with Crippen LogP contribution in [-0.2, 0) is 22.4 Å². The fraction of sp³-hybridized carbons (Fsp3) is 0.125. The zero-order valence-corrected chi connectivity index (χ0v) is 13.6. The van der Waals surface area contributed by atoms with Gasteiger partial charge in [-0.15, -0.1) is 0 Å². The van der Waals surface area contributed by atoms with E-state index in [9.17, 15) is 34.8 Å². The van der Waals surface area contributed by atoms with Gasteiger partial charge in [-0.1, -0.05) is 30.3 Å². The van der Waals surface area contributed by atoms with Gasteiger partial charge < -0.3 is 0 Å². The Morgan fingerprint density at radius 3 is 2.00 bits per heavy atom. The highest BCUT2D eigenvalue weighted by Gasteiger charge is 2.37. The lowest BCUT2D eigenvalue weighted by molar-refractivity contribution is -0.140. The maximum Gasteiger partial charge on any atom is 0.418 e. The first-order valence-electron chi connectivity index (χ1n) is 6.93. The number of rotatable bonds is 4. The standard InChI is InChI=1S/C16H11F6NO2S/c17-15(18,19)12-6-7-13(16(20,21)22)14(10-12)23-26(24,25)9-8-11-4-2-1-3-5-11/h1-10,23H/b9-8+. The third-order valence-electron chi connectivity index (χ3n) is 3.14. The summed E-state index contributed by atoms with van der Waals surface area (Å²) in [5.74, 6) is 0. The Kier molecular flexibility index (Phi) is 5.36. The van der Waals surface area contributed by atoms with Crippen LogP contribution in [0.3, 0.4) is 0 Å². The molecule has 140 valence electrons. The molecule has 0 amide bonds. The lowest BCUT2D eigenvalue weighted by Crippen LogP contribution is -2.17. The molecule has 0 saturated heterocycles. The number of halogens is 6. The van der Waals surface area contributed by atoms with Crippen molar-refractivity contribution < 1.29 is 34.8 Å². The van der Waals surface area contributed by atoms with E-state index in [1.54, 1.807) is 22.9 Å². The summed E-state index contributed by atoms with van der Waals surface area (Å²) in [6.07, 6.45) is -8.86.